The smallest absolute Gasteiger partial charge is 0.129 e. The molecule has 2 heterocycles. The van der Waals surface area contributed by atoms with Gasteiger partial charge in [-0.2, -0.15) is 0 Å². The largest absolute Gasteiger partial charge is 0.507 e. The lowest BCUT2D eigenvalue weighted by atomic mass is 9.77. The predicted molar refractivity (Wildman–Crippen MR) is 96.9 cm³/mol. The first-order valence-electron chi connectivity index (χ1n) is 8.59. The van der Waals surface area contributed by atoms with Crippen LogP contribution in [0.15, 0.2) is 36.4 Å². The lowest BCUT2D eigenvalue weighted by molar-refractivity contribution is -0.0621. The van der Waals surface area contributed by atoms with E-state index < -0.39 is 11.4 Å². The van der Waals surface area contributed by atoms with Crippen LogP contribution in [0.2, 0.25) is 0 Å². The minimum atomic E-state index is -0.652. The Hall–Kier alpha value is -2.40. The van der Waals surface area contributed by atoms with Gasteiger partial charge in [-0.3, -0.25) is 0 Å². The third-order valence-corrected chi connectivity index (χ3v) is 5.14. The number of aromatic nitrogens is 1. The molecular weight excluding hydrogens is 336 g/mol. The summed E-state index contributed by atoms with van der Waals surface area (Å²) in [6, 6.07) is 8.57. The number of ether oxygens (including phenoxy) is 1. The van der Waals surface area contributed by atoms with E-state index in [1.54, 1.807) is 12.1 Å². The first-order valence-corrected chi connectivity index (χ1v) is 8.59. The van der Waals surface area contributed by atoms with Crippen molar-refractivity contribution in [3.63, 3.8) is 0 Å². The van der Waals surface area contributed by atoms with Crippen molar-refractivity contribution >= 4 is 10.9 Å². The highest BCUT2D eigenvalue weighted by Gasteiger charge is 2.44. The monoisotopic (exact) mass is 357 g/mol. The summed E-state index contributed by atoms with van der Waals surface area (Å²) in [5, 5.41) is 11.2. The molecule has 0 atom stereocenters. The van der Waals surface area contributed by atoms with Gasteiger partial charge in [0.2, 0.25) is 0 Å². The summed E-state index contributed by atoms with van der Waals surface area (Å²) in [7, 11) is 0. The summed E-state index contributed by atoms with van der Waals surface area (Å²) < 4.78 is 35.6. The van der Waals surface area contributed by atoms with Gasteiger partial charge in [0.05, 0.1) is 17.8 Å². The van der Waals surface area contributed by atoms with Gasteiger partial charge in [-0.15, -0.1) is 0 Å². The topological polar surface area (TPSA) is 34.4 Å². The Balaban J connectivity index is 2.22. The van der Waals surface area contributed by atoms with Crippen molar-refractivity contribution in [1.82, 2.24) is 4.57 Å². The fraction of sp³-hybridized carbons (Fsp3) is 0.333. The molecule has 0 unspecified atom stereocenters. The molecule has 3 nitrogen and oxygen atoms in total. The van der Waals surface area contributed by atoms with E-state index in [2.05, 4.69) is 0 Å². The fourth-order valence-corrected chi connectivity index (χ4v) is 3.95. The van der Waals surface area contributed by atoms with Gasteiger partial charge in [-0.05, 0) is 49.7 Å². The predicted octanol–water partition coefficient (Wildman–Crippen LogP) is 5.16. The number of halogens is 2. The van der Waals surface area contributed by atoms with E-state index in [1.807, 2.05) is 32.3 Å². The van der Waals surface area contributed by atoms with Gasteiger partial charge in [-0.25, -0.2) is 8.78 Å². The van der Waals surface area contributed by atoms with E-state index in [1.165, 1.54) is 18.2 Å². The van der Waals surface area contributed by atoms with Gasteiger partial charge < -0.3 is 14.4 Å². The van der Waals surface area contributed by atoms with Crippen LogP contribution in [-0.4, -0.2) is 16.3 Å². The summed E-state index contributed by atoms with van der Waals surface area (Å²) in [6.07, 6.45) is 0. The zero-order valence-corrected chi connectivity index (χ0v) is 15.2. The van der Waals surface area contributed by atoms with E-state index in [9.17, 15) is 13.9 Å². The standard InChI is InChI=1S/C21H21F2NO2/c1-20(2)11-26-21(3,4)19-18(20)17-15(9-13(23)10-16(17)25)24(19)14-7-5-12(22)6-8-14/h5-10,25H,11H2,1-4H3. The second-order valence-electron chi connectivity index (χ2n) is 8.04. The Labute approximate surface area is 150 Å². The summed E-state index contributed by atoms with van der Waals surface area (Å²) in [4.78, 5) is 0. The molecule has 1 N–H and O–H groups in total. The SMILES string of the molecule is CC1(C)COC(C)(C)c2c1c1c(O)cc(F)cc1n2-c1ccc(F)cc1. The third-order valence-electron chi connectivity index (χ3n) is 5.14. The molecule has 0 aliphatic carbocycles. The number of aromatic hydroxyl groups is 1. The molecule has 2 aromatic carbocycles. The molecule has 0 fully saturated rings. The van der Waals surface area contributed by atoms with Crippen LogP contribution >= 0.6 is 0 Å². The molecular formula is C21H21F2NO2. The van der Waals surface area contributed by atoms with Gasteiger partial charge in [0.15, 0.2) is 0 Å². The first-order chi connectivity index (χ1) is 12.1. The summed E-state index contributed by atoms with van der Waals surface area (Å²) >= 11 is 0. The molecule has 5 heteroatoms. The van der Waals surface area contributed by atoms with Crippen molar-refractivity contribution in [3.05, 3.63) is 59.3 Å². The highest BCUT2D eigenvalue weighted by Crippen LogP contribution is 2.49. The van der Waals surface area contributed by atoms with Gasteiger partial charge in [-0.1, -0.05) is 13.8 Å². The number of benzene rings is 2. The molecule has 26 heavy (non-hydrogen) atoms. The van der Waals surface area contributed by atoms with Crippen molar-refractivity contribution in [1.29, 1.82) is 0 Å². The van der Waals surface area contributed by atoms with Crippen molar-refractivity contribution < 1.29 is 18.6 Å². The summed E-state index contributed by atoms with van der Waals surface area (Å²) in [5.41, 5.74) is 2.00. The molecule has 4 rings (SSSR count). The molecule has 0 saturated heterocycles. The lowest BCUT2D eigenvalue weighted by Gasteiger charge is -2.40. The van der Waals surface area contributed by atoms with Crippen LogP contribution in [-0.2, 0) is 15.8 Å². The van der Waals surface area contributed by atoms with Gasteiger partial charge >= 0.3 is 0 Å². The van der Waals surface area contributed by atoms with Crippen LogP contribution in [0.4, 0.5) is 8.78 Å². The normalized spacial score (nSPS) is 18.1. The van der Waals surface area contributed by atoms with E-state index >= 15 is 0 Å². The number of hydrogen-bond donors (Lipinski definition) is 1. The van der Waals surface area contributed by atoms with Gasteiger partial charge in [0.25, 0.3) is 0 Å². The molecule has 1 aliphatic rings. The minimum Gasteiger partial charge on any atom is -0.507 e. The van der Waals surface area contributed by atoms with E-state index in [0.717, 1.165) is 17.3 Å². The molecule has 1 aromatic heterocycles. The fourth-order valence-electron chi connectivity index (χ4n) is 3.95. The summed E-state index contributed by atoms with van der Waals surface area (Å²) in [6.45, 7) is 8.46. The molecule has 0 spiro atoms. The van der Waals surface area contributed by atoms with Crippen molar-refractivity contribution in [2.24, 2.45) is 0 Å². The van der Waals surface area contributed by atoms with Crippen LogP contribution in [0.1, 0.15) is 39.0 Å². The Kier molecular flexibility index (Phi) is 3.47. The molecule has 1 aliphatic heterocycles. The van der Waals surface area contributed by atoms with Gasteiger partial charge in [0, 0.05) is 22.6 Å². The second kappa shape index (κ2) is 5.30. The van der Waals surface area contributed by atoms with Crippen LogP contribution in [0.5, 0.6) is 5.75 Å². The number of hydrogen-bond acceptors (Lipinski definition) is 2. The van der Waals surface area contributed by atoms with Crippen molar-refractivity contribution in [2.45, 2.75) is 38.7 Å². The van der Waals surface area contributed by atoms with E-state index in [0.29, 0.717) is 23.2 Å². The van der Waals surface area contributed by atoms with Crippen LogP contribution in [0.3, 0.4) is 0 Å². The average molecular weight is 357 g/mol. The molecule has 136 valence electrons. The third kappa shape index (κ3) is 2.34. The maximum atomic E-state index is 14.1. The van der Waals surface area contributed by atoms with E-state index in [4.69, 9.17) is 4.74 Å². The second-order valence-corrected chi connectivity index (χ2v) is 8.04. The Bertz CT molecular complexity index is 1020. The number of phenols is 1. The number of phenolic OH excluding ortho intramolecular Hbond substituents is 1. The maximum Gasteiger partial charge on any atom is 0.129 e. The molecule has 0 saturated carbocycles. The lowest BCUT2D eigenvalue weighted by Crippen LogP contribution is -2.40. The minimum absolute atomic E-state index is 0.0945. The average Bonchev–Trinajstić information content (AvgIpc) is 2.90. The molecule has 0 radical (unpaired) electrons. The number of rotatable bonds is 1. The molecule has 3 aromatic rings. The number of nitrogens with zero attached hydrogens (tertiary/aromatic N) is 1. The Morgan fingerprint density at radius 2 is 1.65 bits per heavy atom. The highest BCUT2D eigenvalue weighted by molar-refractivity contribution is 5.94. The first kappa shape index (κ1) is 17.0. The van der Waals surface area contributed by atoms with Crippen molar-refractivity contribution in [3.8, 4) is 11.4 Å². The molecule has 0 bridgehead atoms. The maximum absolute atomic E-state index is 14.1. The van der Waals surface area contributed by atoms with Crippen molar-refractivity contribution in [2.75, 3.05) is 6.61 Å². The zero-order valence-electron chi connectivity index (χ0n) is 15.2. The summed E-state index contributed by atoms with van der Waals surface area (Å²) in [5.74, 6) is -0.962. The molecule has 0 amide bonds. The van der Waals surface area contributed by atoms with E-state index in [-0.39, 0.29) is 17.0 Å². The van der Waals surface area contributed by atoms with Gasteiger partial charge in [0.1, 0.15) is 23.0 Å². The number of fused-ring (bicyclic) bond motifs is 3. The highest BCUT2D eigenvalue weighted by atomic mass is 19.1. The zero-order chi connectivity index (χ0) is 18.9. The quantitative estimate of drug-likeness (QED) is 0.653. The van der Waals surface area contributed by atoms with Crippen LogP contribution in [0.25, 0.3) is 16.6 Å². The Morgan fingerprint density at radius 3 is 2.31 bits per heavy atom. The van der Waals surface area contributed by atoms with Crippen LogP contribution in [0, 0.1) is 11.6 Å². The Morgan fingerprint density at radius 1 is 1.00 bits per heavy atom. The van der Waals surface area contributed by atoms with Crippen LogP contribution < -0.4 is 0 Å².